The Labute approximate surface area is 93.1 Å². The van der Waals surface area contributed by atoms with Gasteiger partial charge in [-0.25, -0.2) is 0 Å². The number of nitrogens with zero attached hydrogens (tertiary/aromatic N) is 1. The van der Waals surface area contributed by atoms with Crippen LogP contribution in [0.5, 0.6) is 0 Å². The molecule has 0 saturated heterocycles. The van der Waals surface area contributed by atoms with E-state index in [-0.39, 0.29) is 5.41 Å². The maximum atomic E-state index is 2.54. The summed E-state index contributed by atoms with van der Waals surface area (Å²) in [6.45, 7) is 11.6. The Balaban J connectivity index is 2.57. The number of anilines is 1. The summed E-state index contributed by atoms with van der Waals surface area (Å²) in [6, 6.07) is 9.96. The summed E-state index contributed by atoms with van der Waals surface area (Å²) in [5.74, 6) is 0. The fourth-order valence-corrected chi connectivity index (χ4v) is 2.75. The van der Waals surface area contributed by atoms with Crippen LogP contribution in [0.25, 0.3) is 0 Å². The lowest BCUT2D eigenvalue weighted by Gasteiger charge is -2.34. The van der Waals surface area contributed by atoms with Gasteiger partial charge in [0.25, 0.3) is 0 Å². The molecular weight excluding hydrogens is 182 g/mol. The van der Waals surface area contributed by atoms with Crippen LogP contribution in [0.15, 0.2) is 24.3 Å². The van der Waals surface area contributed by atoms with Crippen molar-refractivity contribution < 1.29 is 0 Å². The Morgan fingerprint density at radius 3 is 2.40 bits per heavy atom. The molecule has 1 aliphatic rings. The molecule has 1 nitrogen and oxygen atoms in total. The van der Waals surface area contributed by atoms with Crippen molar-refractivity contribution in [3.63, 3.8) is 0 Å². The van der Waals surface area contributed by atoms with Gasteiger partial charge in [-0.3, -0.25) is 0 Å². The number of hydrogen-bond acceptors (Lipinski definition) is 1. The Morgan fingerprint density at radius 1 is 1.20 bits per heavy atom. The molecule has 1 aliphatic heterocycles. The number of para-hydroxylation sites is 1. The van der Waals surface area contributed by atoms with E-state index in [1.165, 1.54) is 11.3 Å². The van der Waals surface area contributed by atoms with Crippen molar-refractivity contribution in [1.82, 2.24) is 0 Å². The van der Waals surface area contributed by atoms with Crippen molar-refractivity contribution in [2.24, 2.45) is 0 Å². The van der Waals surface area contributed by atoms with Crippen molar-refractivity contribution in [3.8, 4) is 0 Å². The summed E-state index contributed by atoms with van der Waals surface area (Å²) < 4.78 is 0. The average Bonchev–Trinajstić information content (AvgIpc) is 2.36. The lowest BCUT2D eigenvalue weighted by molar-refractivity contribution is 0.425. The first-order valence-electron chi connectivity index (χ1n) is 5.84. The van der Waals surface area contributed by atoms with Gasteiger partial charge < -0.3 is 4.90 Å². The van der Waals surface area contributed by atoms with E-state index in [1.807, 2.05) is 0 Å². The lowest BCUT2D eigenvalue weighted by Crippen LogP contribution is -2.42. The molecule has 1 unspecified atom stereocenters. The van der Waals surface area contributed by atoms with E-state index in [1.54, 1.807) is 0 Å². The summed E-state index contributed by atoms with van der Waals surface area (Å²) in [5.41, 5.74) is 3.18. The van der Waals surface area contributed by atoms with Crippen LogP contribution < -0.4 is 4.90 Å². The number of hydrogen-bond donors (Lipinski definition) is 0. The maximum Gasteiger partial charge on any atom is 0.0410 e. The quantitative estimate of drug-likeness (QED) is 0.674. The third kappa shape index (κ3) is 1.37. The second-order valence-corrected chi connectivity index (χ2v) is 5.42. The summed E-state index contributed by atoms with van der Waals surface area (Å²) in [6.07, 6.45) is 0. The fraction of sp³-hybridized carbons (Fsp3) is 0.571. The van der Waals surface area contributed by atoms with Crippen LogP contribution in [0, 0.1) is 0 Å². The molecule has 0 N–H and O–H groups in total. The van der Waals surface area contributed by atoms with Crippen LogP contribution in [0.1, 0.15) is 40.2 Å². The molecular formula is C14H21N. The second-order valence-electron chi connectivity index (χ2n) is 5.42. The molecule has 0 spiro atoms. The molecule has 0 bridgehead atoms. The van der Waals surface area contributed by atoms with Gasteiger partial charge in [0.05, 0.1) is 0 Å². The molecule has 1 aromatic carbocycles. The highest BCUT2D eigenvalue weighted by atomic mass is 15.2. The van der Waals surface area contributed by atoms with Crippen LogP contribution in [-0.4, -0.2) is 12.1 Å². The van der Waals surface area contributed by atoms with Gasteiger partial charge in [-0.15, -0.1) is 0 Å². The number of benzene rings is 1. The van der Waals surface area contributed by atoms with Crippen molar-refractivity contribution in [2.75, 3.05) is 4.90 Å². The topological polar surface area (TPSA) is 3.24 Å². The van der Waals surface area contributed by atoms with E-state index < -0.39 is 0 Å². The summed E-state index contributed by atoms with van der Waals surface area (Å²) in [4.78, 5) is 2.54. The fourth-order valence-electron chi connectivity index (χ4n) is 2.75. The highest BCUT2D eigenvalue weighted by Crippen LogP contribution is 2.45. The summed E-state index contributed by atoms with van der Waals surface area (Å²) in [7, 11) is 0. The normalized spacial score (nSPS) is 23.3. The molecule has 0 fully saturated rings. The molecule has 0 radical (unpaired) electrons. The predicted molar refractivity (Wildman–Crippen MR) is 66.5 cm³/mol. The third-order valence-electron chi connectivity index (χ3n) is 3.89. The van der Waals surface area contributed by atoms with E-state index >= 15 is 0 Å². The van der Waals surface area contributed by atoms with Crippen LogP contribution in [0.2, 0.25) is 0 Å². The van der Waals surface area contributed by atoms with E-state index in [0.29, 0.717) is 12.1 Å². The monoisotopic (exact) mass is 203 g/mol. The van der Waals surface area contributed by atoms with Crippen LogP contribution in [-0.2, 0) is 5.41 Å². The zero-order chi connectivity index (χ0) is 11.2. The van der Waals surface area contributed by atoms with E-state index in [0.717, 1.165) is 0 Å². The lowest BCUT2D eigenvalue weighted by atomic mass is 9.81. The molecule has 0 amide bonds. The standard InChI is InChI=1S/C14H21N/c1-10(2)15-11(3)14(4,5)12-8-6-7-9-13(12)15/h6-11H,1-5H3. The first-order valence-corrected chi connectivity index (χ1v) is 5.84. The second kappa shape index (κ2) is 3.26. The highest BCUT2D eigenvalue weighted by Gasteiger charge is 2.42. The molecule has 0 saturated carbocycles. The summed E-state index contributed by atoms with van der Waals surface area (Å²) >= 11 is 0. The molecule has 0 aromatic heterocycles. The van der Waals surface area contributed by atoms with Gasteiger partial charge in [-0.2, -0.15) is 0 Å². The van der Waals surface area contributed by atoms with E-state index in [9.17, 15) is 0 Å². The zero-order valence-electron chi connectivity index (χ0n) is 10.4. The molecule has 82 valence electrons. The van der Waals surface area contributed by atoms with Gasteiger partial charge in [0, 0.05) is 23.2 Å². The maximum absolute atomic E-state index is 2.54. The predicted octanol–water partition coefficient (Wildman–Crippen LogP) is 3.58. The molecule has 1 heterocycles. The van der Waals surface area contributed by atoms with Crippen molar-refractivity contribution in [3.05, 3.63) is 29.8 Å². The SMILES string of the molecule is CC(C)N1c2ccccc2C(C)(C)C1C. The van der Waals surface area contributed by atoms with Gasteiger partial charge in [0.15, 0.2) is 0 Å². The van der Waals surface area contributed by atoms with Crippen LogP contribution in [0.4, 0.5) is 5.69 Å². The van der Waals surface area contributed by atoms with Gasteiger partial charge in [0.1, 0.15) is 0 Å². The molecule has 1 heteroatoms. The highest BCUT2D eigenvalue weighted by molar-refractivity contribution is 5.64. The van der Waals surface area contributed by atoms with Gasteiger partial charge in [-0.05, 0) is 32.4 Å². The first kappa shape index (κ1) is 10.5. The minimum atomic E-state index is 0.265. The average molecular weight is 203 g/mol. The Morgan fingerprint density at radius 2 is 1.80 bits per heavy atom. The Kier molecular flexibility index (Phi) is 2.29. The summed E-state index contributed by atoms with van der Waals surface area (Å²) in [5, 5.41) is 0. The van der Waals surface area contributed by atoms with Crippen molar-refractivity contribution in [1.29, 1.82) is 0 Å². The molecule has 1 atom stereocenters. The van der Waals surface area contributed by atoms with Gasteiger partial charge >= 0.3 is 0 Å². The first-order chi connectivity index (χ1) is 6.96. The minimum absolute atomic E-state index is 0.265. The number of fused-ring (bicyclic) bond motifs is 1. The van der Waals surface area contributed by atoms with Gasteiger partial charge in [0.2, 0.25) is 0 Å². The third-order valence-corrected chi connectivity index (χ3v) is 3.89. The molecule has 0 aliphatic carbocycles. The zero-order valence-corrected chi connectivity index (χ0v) is 10.4. The van der Waals surface area contributed by atoms with E-state index in [2.05, 4.69) is 63.8 Å². The molecule has 15 heavy (non-hydrogen) atoms. The largest absolute Gasteiger partial charge is 0.365 e. The Hall–Kier alpha value is -0.980. The smallest absolute Gasteiger partial charge is 0.0410 e. The van der Waals surface area contributed by atoms with Gasteiger partial charge in [-0.1, -0.05) is 32.0 Å². The van der Waals surface area contributed by atoms with Crippen molar-refractivity contribution >= 4 is 5.69 Å². The molecule has 1 aromatic rings. The van der Waals surface area contributed by atoms with Crippen LogP contribution >= 0.6 is 0 Å². The van der Waals surface area contributed by atoms with Crippen LogP contribution in [0.3, 0.4) is 0 Å². The van der Waals surface area contributed by atoms with Crippen molar-refractivity contribution in [2.45, 2.75) is 52.1 Å². The molecule has 2 rings (SSSR count). The Bertz CT molecular complexity index is 365. The minimum Gasteiger partial charge on any atom is -0.365 e. The number of rotatable bonds is 1. The van der Waals surface area contributed by atoms with E-state index in [4.69, 9.17) is 0 Å².